The molecule has 0 atom stereocenters. The van der Waals surface area contributed by atoms with Gasteiger partial charge in [-0.15, -0.1) is 0 Å². The van der Waals surface area contributed by atoms with Gasteiger partial charge in [0.25, 0.3) is 0 Å². The van der Waals surface area contributed by atoms with E-state index in [0.717, 1.165) is 49.4 Å². The van der Waals surface area contributed by atoms with Gasteiger partial charge in [0.1, 0.15) is 6.33 Å². The van der Waals surface area contributed by atoms with Crippen molar-refractivity contribution >= 4 is 0 Å². The number of fused-ring (bicyclic) bond motifs is 1. The van der Waals surface area contributed by atoms with Gasteiger partial charge in [0, 0.05) is 31.5 Å². The van der Waals surface area contributed by atoms with Crippen molar-refractivity contribution in [2.24, 2.45) is 0 Å². The summed E-state index contributed by atoms with van der Waals surface area (Å²) in [6.45, 7) is 4.40. The molecule has 0 saturated heterocycles. The summed E-state index contributed by atoms with van der Waals surface area (Å²) in [4.78, 5) is 15.2. The van der Waals surface area contributed by atoms with Crippen LogP contribution in [0.1, 0.15) is 36.3 Å². The van der Waals surface area contributed by atoms with E-state index in [9.17, 15) is 0 Å². The highest BCUT2D eigenvalue weighted by atomic mass is 16.5. The predicted octanol–water partition coefficient (Wildman–Crippen LogP) is 1.38. The normalized spacial score (nSPS) is 15.0. The van der Waals surface area contributed by atoms with E-state index in [2.05, 4.69) is 31.9 Å². The molecular weight excluding hydrogens is 270 g/mol. The second kappa shape index (κ2) is 6.17. The van der Waals surface area contributed by atoms with Crippen LogP contribution in [0.15, 0.2) is 10.9 Å². The van der Waals surface area contributed by atoms with Crippen LogP contribution in [0.4, 0.5) is 0 Å². The SMILES string of the molecule is CCCc1noc(CN2CCc3ncnc(OC)c3C2)n1. The molecule has 21 heavy (non-hydrogen) atoms. The van der Waals surface area contributed by atoms with Crippen molar-refractivity contribution in [2.45, 2.75) is 39.3 Å². The fourth-order valence-corrected chi connectivity index (χ4v) is 2.55. The van der Waals surface area contributed by atoms with E-state index in [4.69, 9.17) is 9.26 Å². The van der Waals surface area contributed by atoms with Crippen LogP contribution < -0.4 is 4.74 Å². The molecule has 7 nitrogen and oxygen atoms in total. The lowest BCUT2D eigenvalue weighted by Crippen LogP contribution is -2.31. The summed E-state index contributed by atoms with van der Waals surface area (Å²) in [6.07, 6.45) is 4.31. The smallest absolute Gasteiger partial charge is 0.240 e. The van der Waals surface area contributed by atoms with Crippen LogP contribution in [-0.2, 0) is 25.9 Å². The van der Waals surface area contributed by atoms with Gasteiger partial charge >= 0.3 is 0 Å². The maximum atomic E-state index is 5.32. The molecule has 7 heteroatoms. The molecule has 2 aromatic heterocycles. The number of ether oxygens (including phenoxy) is 1. The maximum Gasteiger partial charge on any atom is 0.240 e. The Morgan fingerprint density at radius 3 is 3.10 bits per heavy atom. The van der Waals surface area contributed by atoms with Crippen LogP contribution >= 0.6 is 0 Å². The van der Waals surface area contributed by atoms with E-state index < -0.39 is 0 Å². The number of hydrogen-bond acceptors (Lipinski definition) is 7. The first-order valence-corrected chi connectivity index (χ1v) is 7.20. The average Bonchev–Trinajstić information content (AvgIpc) is 2.94. The second-order valence-electron chi connectivity index (χ2n) is 5.12. The lowest BCUT2D eigenvalue weighted by Gasteiger charge is -2.27. The Labute approximate surface area is 123 Å². The second-order valence-corrected chi connectivity index (χ2v) is 5.12. The predicted molar refractivity (Wildman–Crippen MR) is 74.7 cm³/mol. The van der Waals surface area contributed by atoms with Crippen molar-refractivity contribution in [3.8, 4) is 5.88 Å². The third kappa shape index (κ3) is 3.02. The maximum absolute atomic E-state index is 5.32. The minimum Gasteiger partial charge on any atom is -0.481 e. The molecule has 0 fully saturated rings. The summed E-state index contributed by atoms with van der Waals surface area (Å²) in [7, 11) is 1.64. The molecule has 2 aromatic rings. The van der Waals surface area contributed by atoms with Gasteiger partial charge in [-0.05, 0) is 6.42 Å². The number of hydrogen-bond donors (Lipinski definition) is 0. The molecule has 0 radical (unpaired) electrons. The first kappa shape index (κ1) is 13.9. The van der Waals surface area contributed by atoms with Gasteiger partial charge in [-0.25, -0.2) is 9.97 Å². The number of rotatable bonds is 5. The Hall–Kier alpha value is -2.02. The largest absolute Gasteiger partial charge is 0.481 e. The molecule has 0 amide bonds. The summed E-state index contributed by atoms with van der Waals surface area (Å²) in [5.41, 5.74) is 2.12. The van der Waals surface area contributed by atoms with Crippen LogP contribution in [0, 0.1) is 0 Å². The number of methoxy groups -OCH3 is 1. The van der Waals surface area contributed by atoms with Crippen LogP contribution in [0.3, 0.4) is 0 Å². The lowest BCUT2D eigenvalue weighted by molar-refractivity contribution is 0.204. The highest BCUT2D eigenvalue weighted by Crippen LogP contribution is 2.24. The number of aryl methyl sites for hydroxylation is 1. The van der Waals surface area contributed by atoms with Crippen molar-refractivity contribution < 1.29 is 9.26 Å². The Morgan fingerprint density at radius 1 is 1.38 bits per heavy atom. The van der Waals surface area contributed by atoms with E-state index in [1.54, 1.807) is 13.4 Å². The zero-order chi connectivity index (χ0) is 14.7. The number of aromatic nitrogens is 4. The average molecular weight is 289 g/mol. The highest BCUT2D eigenvalue weighted by molar-refractivity contribution is 5.31. The molecule has 0 aromatic carbocycles. The molecule has 0 unspecified atom stereocenters. The van der Waals surface area contributed by atoms with E-state index in [-0.39, 0.29) is 0 Å². The van der Waals surface area contributed by atoms with Gasteiger partial charge in [-0.1, -0.05) is 12.1 Å². The van der Waals surface area contributed by atoms with Gasteiger partial charge in [-0.3, -0.25) is 4.90 Å². The van der Waals surface area contributed by atoms with E-state index in [1.165, 1.54) is 0 Å². The van der Waals surface area contributed by atoms with Gasteiger partial charge in [0.15, 0.2) is 5.82 Å². The molecule has 0 aliphatic carbocycles. The standard InChI is InChI=1S/C14H19N5O2/c1-3-4-12-17-13(21-18-12)8-19-6-5-11-10(7-19)14(20-2)16-9-15-11/h9H,3-8H2,1-2H3. The Morgan fingerprint density at radius 2 is 2.29 bits per heavy atom. The highest BCUT2D eigenvalue weighted by Gasteiger charge is 2.23. The monoisotopic (exact) mass is 289 g/mol. The molecule has 1 aliphatic heterocycles. The van der Waals surface area contributed by atoms with E-state index >= 15 is 0 Å². The van der Waals surface area contributed by atoms with Crippen molar-refractivity contribution in [3.05, 3.63) is 29.3 Å². The van der Waals surface area contributed by atoms with Crippen LogP contribution in [0.25, 0.3) is 0 Å². The fourth-order valence-electron chi connectivity index (χ4n) is 2.55. The molecule has 0 bridgehead atoms. The molecule has 1 aliphatic rings. The van der Waals surface area contributed by atoms with Crippen molar-refractivity contribution in [1.82, 2.24) is 25.0 Å². The quantitative estimate of drug-likeness (QED) is 0.822. The van der Waals surface area contributed by atoms with Crippen LogP contribution in [0.2, 0.25) is 0 Å². The topological polar surface area (TPSA) is 77.2 Å². The van der Waals surface area contributed by atoms with Gasteiger partial charge in [0.2, 0.25) is 11.8 Å². The van der Waals surface area contributed by atoms with Crippen molar-refractivity contribution in [2.75, 3.05) is 13.7 Å². The minimum absolute atomic E-state index is 0.647. The molecule has 0 N–H and O–H groups in total. The minimum atomic E-state index is 0.647. The fraction of sp³-hybridized carbons (Fsp3) is 0.571. The zero-order valence-electron chi connectivity index (χ0n) is 12.4. The van der Waals surface area contributed by atoms with E-state index in [0.29, 0.717) is 18.3 Å². The summed E-state index contributed by atoms with van der Waals surface area (Å²) in [5.74, 6) is 2.10. The summed E-state index contributed by atoms with van der Waals surface area (Å²) < 4.78 is 10.6. The lowest BCUT2D eigenvalue weighted by atomic mass is 10.1. The Bertz CT molecular complexity index is 599. The molecular formula is C14H19N5O2. The van der Waals surface area contributed by atoms with Crippen molar-refractivity contribution in [1.29, 1.82) is 0 Å². The Kier molecular flexibility index (Phi) is 4.10. The van der Waals surface area contributed by atoms with Gasteiger partial charge in [0.05, 0.1) is 19.3 Å². The zero-order valence-corrected chi connectivity index (χ0v) is 12.4. The van der Waals surface area contributed by atoms with Gasteiger partial charge in [-0.2, -0.15) is 4.98 Å². The number of nitrogens with zero attached hydrogens (tertiary/aromatic N) is 5. The summed E-state index contributed by atoms with van der Waals surface area (Å²) in [5, 5.41) is 3.99. The first-order valence-electron chi connectivity index (χ1n) is 7.20. The van der Waals surface area contributed by atoms with E-state index in [1.807, 2.05) is 0 Å². The molecule has 3 rings (SSSR count). The summed E-state index contributed by atoms with van der Waals surface area (Å²) >= 11 is 0. The summed E-state index contributed by atoms with van der Waals surface area (Å²) in [6, 6.07) is 0. The first-order chi connectivity index (χ1) is 10.3. The Balaban J connectivity index is 1.70. The van der Waals surface area contributed by atoms with Crippen molar-refractivity contribution in [3.63, 3.8) is 0 Å². The molecule has 0 saturated carbocycles. The van der Waals surface area contributed by atoms with Crippen LogP contribution in [-0.4, -0.2) is 38.7 Å². The molecule has 0 spiro atoms. The van der Waals surface area contributed by atoms with Crippen LogP contribution in [0.5, 0.6) is 5.88 Å². The third-order valence-electron chi connectivity index (χ3n) is 3.58. The third-order valence-corrected chi connectivity index (χ3v) is 3.58. The molecule has 112 valence electrons. The van der Waals surface area contributed by atoms with Gasteiger partial charge < -0.3 is 9.26 Å². The molecule has 3 heterocycles.